The topological polar surface area (TPSA) is 75.7 Å². The molecule has 1 fully saturated rings. The molecule has 0 bridgehead atoms. The number of halogens is 1. The van der Waals surface area contributed by atoms with Crippen molar-refractivity contribution in [3.8, 4) is 5.75 Å². The zero-order valence-electron chi connectivity index (χ0n) is 14.1. The van der Waals surface area contributed by atoms with E-state index in [1.807, 2.05) is 26.0 Å². The molecule has 1 heterocycles. The Bertz CT molecular complexity index is 698. The molecule has 0 aliphatic carbocycles. The van der Waals surface area contributed by atoms with Crippen molar-refractivity contribution in [2.75, 3.05) is 31.7 Å². The van der Waals surface area contributed by atoms with E-state index in [0.717, 1.165) is 16.1 Å². The minimum absolute atomic E-state index is 0.0384. The first-order chi connectivity index (χ1) is 11.2. The summed E-state index contributed by atoms with van der Waals surface area (Å²) in [4.78, 5) is 13.5. The predicted octanol–water partition coefficient (Wildman–Crippen LogP) is 2.16. The Morgan fingerprint density at radius 3 is 2.54 bits per heavy atom. The average molecular weight is 375 g/mol. The molecule has 1 aromatic carbocycles. The second-order valence-electron chi connectivity index (χ2n) is 6.12. The molecule has 1 saturated heterocycles. The molecular formula is C16H23ClN2O4S. The van der Waals surface area contributed by atoms with Crippen LogP contribution in [0.3, 0.4) is 0 Å². The fraction of sp³-hybridized carbons (Fsp3) is 0.562. The third-order valence-corrected chi connectivity index (χ3v) is 6.48. The summed E-state index contributed by atoms with van der Waals surface area (Å²) in [5.74, 6) is 0.892. The molecule has 2 rings (SSSR count). The van der Waals surface area contributed by atoms with E-state index in [1.165, 1.54) is 4.90 Å². The van der Waals surface area contributed by atoms with Gasteiger partial charge in [0.1, 0.15) is 12.4 Å². The fourth-order valence-electron chi connectivity index (χ4n) is 2.69. The average Bonchev–Trinajstić information content (AvgIpc) is 2.88. The Hall–Kier alpha value is -1.47. The van der Waals surface area contributed by atoms with Gasteiger partial charge in [0.05, 0.1) is 18.1 Å². The van der Waals surface area contributed by atoms with Gasteiger partial charge in [-0.2, -0.15) is 0 Å². The van der Waals surface area contributed by atoms with Crippen LogP contribution in [0.25, 0.3) is 0 Å². The SMILES string of the molecule is Cc1cc(OCCNC(=O)N(C)C2CCS(=O)(=O)C2)cc(C)c1Cl. The van der Waals surface area contributed by atoms with Crippen molar-refractivity contribution in [2.24, 2.45) is 0 Å². The highest BCUT2D eigenvalue weighted by Crippen LogP contribution is 2.25. The monoisotopic (exact) mass is 374 g/mol. The van der Waals surface area contributed by atoms with Crippen LogP contribution in [-0.4, -0.2) is 57.1 Å². The number of amides is 2. The molecule has 1 aliphatic rings. The summed E-state index contributed by atoms with van der Waals surface area (Å²) in [6.45, 7) is 4.48. The summed E-state index contributed by atoms with van der Waals surface area (Å²) >= 11 is 6.11. The number of carbonyl (C=O) groups excluding carboxylic acids is 1. The van der Waals surface area contributed by atoms with Gasteiger partial charge in [-0.05, 0) is 43.5 Å². The van der Waals surface area contributed by atoms with Crippen LogP contribution in [0, 0.1) is 13.8 Å². The van der Waals surface area contributed by atoms with E-state index >= 15 is 0 Å². The first-order valence-electron chi connectivity index (χ1n) is 7.80. The Kier molecular flexibility index (Phi) is 5.98. The van der Waals surface area contributed by atoms with Crippen molar-refractivity contribution in [3.63, 3.8) is 0 Å². The van der Waals surface area contributed by atoms with Crippen LogP contribution in [0.2, 0.25) is 5.02 Å². The summed E-state index contributed by atoms with van der Waals surface area (Å²) in [5.41, 5.74) is 1.88. The number of benzene rings is 1. The lowest BCUT2D eigenvalue weighted by atomic mass is 10.1. The van der Waals surface area contributed by atoms with Gasteiger partial charge in [-0.1, -0.05) is 11.6 Å². The number of sulfone groups is 1. The van der Waals surface area contributed by atoms with Crippen molar-refractivity contribution >= 4 is 27.5 Å². The van der Waals surface area contributed by atoms with Crippen LogP contribution in [0.15, 0.2) is 12.1 Å². The number of rotatable bonds is 5. The van der Waals surface area contributed by atoms with E-state index in [-0.39, 0.29) is 23.6 Å². The number of urea groups is 1. The van der Waals surface area contributed by atoms with E-state index in [0.29, 0.717) is 25.3 Å². The number of nitrogens with one attached hydrogen (secondary N) is 1. The minimum atomic E-state index is -3.00. The van der Waals surface area contributed by atoms with Gasteiger partial charge in [-0.25, -0.2) is 13.2 Å². The molecule has 1 N–H and O–H groups in total. The van der Waals surface area contributed by atoms with Crippen molar-refractivity contribution in [1.29, 1.82) is 0 Å². The molecule has 0 aromatic heterocycles. The molecule has 134 valence electrons. The highest BCUT2D eigenvalue weighted by Gasteiger charge is 2.32. The second-order valence-corrected chi connectivity index (χ2v) is 8.73. The molecule has 1 aromatic rings. The third-order valence-electron chi connectivity index (χ3n) is 4.13. The number of aryl methyl sites for hydroxylation is 2. The first kappa shape index (κ1) is 18.9. The maximum atomic E-state index is 12.1. The largest absolute Gasteiger partial charge is 0.492 e. The van der Waals surface area contributed by atoms with E-state index in [4.69, 9.17) is 16.3 Å². The number of ether oxygens (including phenoxy) is 1. The Balaban J connectivity index is 1.77. The summed E-state index contributed by atoms with van der Waals surface area (Å²) in [5, 5.41) is 3.46. The quantitative estimate of drug-likeness (QED) is 0.801. The molecule has 0 spiro atoms. The normalized spacial score (nSPS) is 19.1. The lowest BCUT2D eigenvalue weighted by Gasteiger charge is -2.23. The summed E-state index contributed by atoms with van der Waals surface area (Å²) < 4.78 is 28.6. The molecule has 1 unspecified atom stereocenters. The highest BCUT2D eigenvalue weighted by molar-refractivity contribution is 7.91. The summed E-state index contributed by atoms with van der Waals surface area (Å²) in [6, 6.07) is 3.17. The van der Waals surface area contributed by atoms with Crippen LogP contribution in [-0.2, 0) is 9.84 Å². The highest BCUT2D eigenvalue weighted by atomic mass is 35.5. The van der Waals surface area contributed by atoms with E-state index < -0.39 is 9.84 Å². The van der Waals surface area contributed by atoms with E-state index in [2.05, 4.69) is 5.32 Å². The van der Waals surface area contributed by atoms with E-state index in [1.54, 1.807) is 7.05 Å². The summed E-state index contributed by atoms with van der Waals surface area (Å²) in [6.07, 6.45) is 0.492. The number of hydrogen-bond donors (Lipinski definition) is 1. The maximum absolute atomic E-state index is 12.1. The van der Waals surface area contributed by atoms with Crippen molar-refractivity contribution in [2.45, 2.75) is 26.3 Å². The Morgan fingerprint density at radius 2 is 2.00 bits per heavy atom. The van der Waals surface area contributed by atoms with Crippen LogP contribution < -0.4 is 10.1 Å². The van der Waals surface area contributed by atoms with Gasteiger partial charge in [-0.3, -0.25) is 0 Å². The molecular weight excluding hydrogens is 352 g/mol. The fourth-order valence-corrected chi connectivity index (χ4v) is 4.57. The molecule has 1 aliphatic heterocycles. The van der Waals surface area contributed by atoms with Gasteiger partial charge < -0.3 is 15.0 Å². The number of carbonyl (C=O) groups is 1. The lowest BCUT2D eigenvalue weighted by Crippen LogP contribution is -2.45. The molecule has 1 atom stereocenters. The molecule has 8 heteroatoms. The van der Waals surface area contributed by atoms with Crippen molar-refractivity contribution < 1.29 is 17.9 Å². The standard InChI is InChI=1S/C16H23ClN2O4S/c1-11-8-14(9-12(2)15(11)17)23-6-5-18-16(20)19(3)13-4-7-24(21,22)10-13/h8-9,13H,4-7,10H2,1-3H3,(H,18,20). The zero-order chi connectivity index (χ0) is 17.9. The van der Waals surface area contributed by atoms with E-state index in [9.17, 15) is 13.2 Å². The number of nitrogens with zero attached hydrogens (tertiary/aromatic N) is 1. The van der Waals surface area contributed by atoms with Crippen molar-refractivity contribution in [1.82, 2.24) is 10.2 Å². The summed E-state index contributed by atoms with van der Waals surface area (Å²) in [7, 11) is -1.39. The van der Waals surface area contributed by atoms with Gasteiger partial charge in [-0.15, -0.1) is 0 Å². The molecule has 6 nitrogen and oxygen atoms in total. The van der Waals surface area contributed by atoms with Gasteiger partial charge in [0, 0.05) is 18.1 Å². The third kappa shape index (κ3) is 4.77. The zero-order valence-corrected chi connectivity index (χ0v) is 15.7. The van der Waals surface area contributed by atoms with Gasteiger partial charge in [0.25, 0.3) is 0 Å². The predicted molar refractivity (Wildman–Crippen MR) is 94.6 cm³/mol. The minimum Gasteiger partial charge on any atom is -0.492 e. The molecule has 0 radical (unpaired) electrons. The maximum Gasteiger partial charge on any atom is 0.317 e. The van der Waals surface area contributed by atoms with Crippen LogP contribution in [0.4, 0.5) is 4.79 Å². The Labute approximate surface area is 148 Å². The lowest BCUT2D eigenvalue weighted by molar-refractivity contribution is 0.192. The van der Waals surface area contributed by atoms with Gasteiger partial charge in [0.2, 0.25) is 0 Å². The smallest absolute Gasteiger partial charge is 0.317 e. The molecule has 24 heavy (non-hydrogen) atoms. The van der Waals surface area contributed by atoms with Crippen LogP contribution in [0.5, 0.6) is 5.75 Å². The van der Waals surface area contributed by atoms with Gasteiger partial charge >= 0.3 is 6.03 Å². The van der Waals surface area contributed by atoms with Crippen LogP contribution >= 0.6 is 11.6 Å². The Morgan fingerprint density at radius 1 is 1.38 bits per heavy atom. The number of hydrogen-bond acceptors (Lipinski definition) is 4. The second kappa shape index (κ2) is 7.61. The molecule has 0 saturated carbocycles. The van der Waals surface area contributed by atoms with Gasteiger partial charge in [0.15, 0.2) is 9.84 Å². The van der Waals surface area contributed by atoms with Crippen molar-refractivity contribution in [3.05, 3.63) is 28.3 Å². The van der Waals surface area contributed by atoms with Crippen LogP contribution in [0.1, 0.15) is 17.5 Å². The first-order valence-corrected chi connectivity index (χ1v) is 10.00. The molecule has 2 amide bonds.